The maximum atomic E-state index is 5.86. The predicted molar refractivity (Wildman–Crippen MR) is 54.6 cm³/mol. The fourth-order valence-electron chi connectivity index (χ4n) is 1.14. The van der Waals surface area contributed by atoms with Gasteiger partial charge in [0, 0.05) is 34.2 Å². The lowest BCUT2D eigenvalue weighted by Crippen LogP contribution is -1.88. The summed E-state index contributed by atoms with van der Waals surface area (Å²) >= 11 is 11.7. The Morgan fingerprint density at radius 3 is 2.31 bits per heavy atom. The Kier molecular flexibility index (Phi) is 2.30. The van der Waals surface area contributed by atoms with Gasteiger partial charge >= 0.3 is 0 Å². The highest BCUT2D eigenvalue weighted by molar-refractivity contribution is 6.34. The number of rotatable bonds is 1. The van der Waals surface area contributed by atoms with Crippen LogP contribution in [0.3, 0.4) is 0 Å². The summed E-state index contributed by atoms with van der Waals surface area (Å²) in [7, 11) is 0. The summed E-state index contributed by atoms with van der Waals surface area (Å²) in [5.74, 6) is 0. The van der Waals surface area contributed by atoms with E-state index in [4.69, 9.17) is 23.2 Å². The van der Waals surface area contributed by atoms with E-state index in [1.165, 1.54) is 0 Å². The molecule has 0 aliphatic carbocycles. The molecule has 2 rings (SSSR count). The van der Waals surface area contributed by atoms with Gasteiger partial charge in [-0.2, -0.15) is 0 Å². The van der Waals surface area contributed by atoms with Gasteiger partial charge in [-0.1, -0.05) is 23.2 Å². The zero-order valence-electron chi connectivity index (χ0n) is 6.67. The Bertz CT molecular complexity index is 387. The van der Waals surface area contributed by atoms with Crippen LogP contribution in [0.15, 0.2) is 36.7 Å². The van der Waals surface area contributed by atoms with E-state index in [1.54, 1.807) is 6.07 Å². The minimum absolute atomic E-state index is 0.635. The first-order valence-electron chi connectivity index (χ1n) is 3.76. The standard InChI is InChI=1S/C10H6Cl2N/c11-8-5-9(12)7-10(6-8)13-3-1-2-4-13/h1,3-7H. The Morgan fingerprint density at radius 2 is 1.77 bits per heavy atom. The lowest BCUT2D eigenvalue weighted by molar-refractivity contribution is 1.08. The predicted octanol–water partition coefficient (Wildman–Crippen LogP) is 3.58. The highest BCUT2D eigenvalue weighted by Crippen LogP contribution is 2.21. The Labute approximate surface area is 86.5 Å². The molecule has 1 aromatic heterocycles. The van der Waals surface area contributed by atoms with E-state index in [2.05, 4.69) is 6.07 Å². The van der Waals surface area contributed by atoms with Crippen molar-refractivity contribution in [2.45, 2.75) is 0 Å². The molecule has 0 amide bonds. The molecule has 1 nitrogen and oxygen atoms in total. The third-order valence-electron chi connectivity index (χ3n) is 1.69. The van der Waals surface area contributed by atoms with E-state index in [-0.39, 0.29) is 0 Å². The molecule has 0 aliphatic heterocycles. The number of nitrogens with zero attached hydrogens (tertiary/aromatic N) is 1. The highest BCUT2D eigenvalue weighted by atomic mass is 35.5. The molecule has 3 heteroatoms. The summed E-state index contributed by atoms with van der Waals surface area (Å²) in [6.45, 7) is 0. The lowest BCUT2D eigenvalue weighted by atomic mass is 10.3. The largest absolute Gasteiger partial charge is 0.323 e. The van der Waals surface area contributed by atoms with Gasteiger partial charge in [-0.05, 0) is 24.3 Å². The lowest BCUT2D eigenvalue weighted by Gasteiger charge is -2.03. The van der Waals surface area contributed by atoms with Crippen LogP contribution < -0.4 is 0 Å². The van der Waals surface area contributed by atoms with Gasteiger partial charge in [-0.15, -0.1) is 0 Å². The molecule has 1 radical (unpaired) electrons. The Balaban J connectivity index is 2.53. The number of hydrogen-bond donors (Lipinski definition) is 0. The average Bonchev–Trinajstić information content (AvgIpc) is 2.53. The summed E-state index contributed by atoms with van der Waals surface area (Å²) < 4.78 is 1.90. The summed E-state index contributed by atoms with van der Waals surface area (Å²) in [6, 6.07) is 10.2. The number of halogens is 2. The number of benzene rings is 1. The molecular formula is C10H6Cl2N. The van der Waals surface area contributed by atoms with Gasteiger partial charge in [0.1, 0.15) is 0 Å². The molecule has 0 spiro atoms. The van der Waals surface area contributed by atoms with Gasteiger partial charge in [0.25, 0.3) is 0 Å². The molecule has 0 saturated heterocycles. The monoisotopic (exact) mass is 210 g/mol. The van der Waals surface area contributed by atoms with Crippen LogP contribution in [0.4, 0.5) is 0 Å². The van der Waals surface area contributed by atoms with E-state index in [0.717, 1.165) is 5.69 Å². The topological polar surface area (TPSA) is 4.93 Å². The van der Waals surface area contributed by atoms with Crippen LogP contribution in [-0.2, 0) is 0 Å². The third kappa shape index (κ3) is 1.87. The molecule has 0 unspecified atom stereocenters. The van der Waals surface area contributed by atoms with Crippen molar-refractivity contribution in [3.05, 3.63) is 52.8 Å². The van der Waals surface area contributed by atoms with Crippen LogP contribution in [0.2, 0.25) is 10.0 Å². The minimum Gasteiger partial charge on any atom is -0.323 e. The van der Waals surface area contributed by atoms with Crippen molar-refractivity contribution in [1.82, 2.24) is 4.57 Å². The van der Waals surface area contributed by atoms with Crippen molar-refractivity contribution in [3.63, 3.8) is 0 Å². The van der Waals surface area contributed by atoms with Crippen molar-refractivity contribution in [2.75, 3.05) is 0 Å². The van der Waals surface area contributed by atoms with Crippen molar-refractivity contribution < 1.29 is 0 Å². The van der Waals surface area contributed by atoms with E-state index in [1.807, 2.05) is 35.2 Å². The fraction of sp³-hybridized carbons (Fsp3) is 0. The maximum Gasteiger partial charge on any atom is 0.0479 e. The summed E-state index contributed by atoms with van der Waals surface area (Å²) in [5.41, 5.74) is 0.943. The van der Waals surface area contributed by atoms with E-state index >= 15 is 0 Å². The third-order valence-corrected chi connectivity index (χ3v) is 2.13. The smallest absolute Gasteiger partial charge is 0.0479 e. The zero-order chi connectivity index (χ0) is 9.26. The number of aromatic nitrogens is 1. The molecule has 65 valence electrons. The van der Waals surface area contributed by atoms with Crippen LogP contribution in [0, 0.1) is 6.07 Å². The first kappa shape index (κ1) is 8.67. The van der Waals surface area contributed by atoms with Crippen molar-refractivity contribution in [1.29, 1.82) is 0 Å². The molecule has 0 saturated carbocycles. The summed E-state index contributed by atoms with van der Waals surface area (Å²) in [5, 5.41) is 1.27. The molecule has 0 N–H and O–H groups in total. The highest BCUT2D eigenvalue weighted by Gasteiger charge is 1.98. The van der Waals surface area contributed by atoms with Crippen molar-refractivity contribution in [2.24, 2.45) is 0 Å². The van der Waals surface area contributed by atoms with Crippen molar-refractivity contribution >= 4 is 23.2 Å². The molecule has 1 aromatic carbocycles. The van der Waals surface area contributed by atoms with Gasteiger partial charge in [0.05, 0.1) is 0 Å². The van der Waals surface area contributed by atoms with Crippen LogP contribution in [0.25, 0.3) is 5.69 Å². The fourth-order valence-corrected chi connectivity index (χ4v) is 1.65. The van der Waals surface area contributed by atoms with Gasteiger partial charge in [0.15, 0.2) is 0 Å². The van der Waals surface area contributed by atoms with Gasteiger partial charge < -0.3 is 4.57 Å². The van der Waals surface area contributed by atoms with Crippen LogP contribution >= 0.6 is 23.2 Å². The van der Waals surface area contributed by atoms with E-state index in [9.17, 15) is 0 Å². The minimum atomic E-state index is 0.635. The Hall–Kier alpha value is -0.920. The van der Waals surface area contributed by atoms with E-state index < -0.39 is 0 Å². The molecule has 0 bridgehead atoms. The maximum absolute atomic E-state index is 5.86. The van der Waals surface area contributed by atoms with Crippen LogP contribution in [-0.4, -0.2) is 4.57 Å². The van der Waals surface area contributed by atoms with Crippen LogP contribution in [0.5, 0.6) is 0 Å². The second kappa shape index (κ2) is 3.44. The molecule has 1 heterocycles. The molecular weight excluding hydrogens is 205 g/mol. The summed E-state index contributed by atoms with van der Waals surface area (Å²) in [6.07, 6.45) is 3.71. The molecule has 0 fully saturated rings. The molecule has 13 heavy (non-hydrogen) atoms. The molecule has 2 aromatic rings. The van der Waals surface area contributed by atoms with Gasteiger partial charge in [0.2, 0.25) is 0 Å². The van der Waals surface area contributed by atoms with Crippen molar-refractivity contribution in [3.8, 4) is 5.69 Å². The van der Waals surface area contributed by atoms with Gasteiger partial charge in [-0.3, -0.25) is 0 Å². The Morgan fingerprint density at radius 1 is 1.08 bits per heavy atom. The molecule has 0 aliphatic rings. The van der Waals surface area contributed by atoms with E-state index in [0.29, 0.717) is 10.0 Å². The first-order chi connectivity index (χ1) is 6.25. The second-order valence-corrected chi connectivity index (χ2v) is 3.52. The second-order valence-electron chi connectivity index (χ2n) is 2.65. The average molecular weight is 211 g/mol. The number of hydrogen-bond acceptors (Lipinski definition) is 0. The first-order valence-corrected chi connectivity index (χ1v) is 4.52. The van der Waals surface area contributed by atoms with Gasteiger partial charge in [-0.25, -0.2) is 0 Å². The van der Waals surface area contributed by atoms with Crippen LogP contribution in [0.1, 0.15) is 0 Å². The zero-order valence-corrected chi connectivity index (χ0v) is 8.18. The molecule has 0 atom stereocenters. The SMILES string of the molecule is Clc1cc(Cl)cc(-n2c[c]cc2)c1. The quantitative estimate of drug-likeness (QED) is 0.679. The normalized spacial score (nSPS) is 10.3. The summed E-state index contributed by atoms with van der Waals surface area (Å²) in [4.78, 5) is 0.